The van der Waals surface area contributed by atoms with Crippen molar-refractivity contribution in [3.8, 4) is 11.5 Å². The largest absolute Gasteiger partial charge is 0.497 e. The monoisotopic (exact) mass is 303 g/mol. The Kier molecular flexibility index (Phi) is 3.79. The molecule has 0 fully saturated rings. The van der Waals surface area contributed by atoms with Gasteiger partial charge in [-0.2, -0.15) is 0 Å². The topological polar surface area (TPSA) is 44.5 Å². The Morgan fingerprint density at radius 1 is 1.19 bits per heavy atom. The molecule has 0 saturated heterocycles. The summed E-state index contributed by atoms with van der Waals surface area (Å²) in [4.78, 5) is 0. The second kappa shape index (κ2) is 5.58. The van der Waals surface area contributed by atoms with Crippen LogP contribution < -0.4 is 15.2 Å². The summed E-state index contributed by atoms with van der Waals surface area (Å²) in [5.41, 5.74) is 9.57. The van der Waals surface area contributed by atoms with Gasteiger partial charge in [0.05, 0.1) is 7.11 Å². The first-order valence-electron chi connectivity index (χ1n) is 6.94. The van der Waals surface area contributed by atoms with Gasteiger partial charge in [-0.1, -0.05) is 17.7 Å². The Balaban J connectivity index is 1.94. The molecule has 2 aromatic carbocycles. The van der Waals surface area contributed by atoms with Crippen molar-refractivity contribution >= 4 is 11.6 Å². The number of hydrogen-bond acceptors (Lipinski definition) is 3. The predicted octanol–water partition coefficient (Wildman–Crippen LogP) is 4.18. The van der Waals surface area contributed by atoms with E-state index in [1.807, 2.05) is 43.3 Å². The van der Waals surface area contributed by atoms with Crippen molar-refractivity contribution in [2.45, 2.75) is 25.5 Å². The second-order valence-electron chi connectivity index (χ2n) is 5.35. The molecule has 1 aliphatic rings. The van der Waals surface area contributed by atoms with Crippen LogP contribution in [-0.2, 0) is 0 Å². The van der Waals surface area contributed by atoms with E-state index in [1.54, 1.807) is 7.11 Å². The third-order valence-corrected chi connectivity index (χ3v) is 4.17. The lowest BCUT2D eigenvalue weighted by Crippen LogP contribution is -2.24. The number of ether oxygens (including phenoxy) is 2. The molecule has 2 aromatic rings. The number of nitrogens with two attached hydrogens (primary N) is 1. The lowest BCUT2D eigenvalue weighted by atomic mass is 9.91. The van der Waals surface area contributed by atoms with Crippen molar-refractivity contribution in [2.75, 3.05) is 7.11 Å². The average molecular weight is 304 g/mol. The smallest absolute Gasteiger partial charge is 0.126 e. The molecule has 110 valence electrons. The van der Waals surface area contributed by atoms with E-state index < -0.39 is 0 Å². The van der Waals surface area contributed by atoms with Crippen molar-refractivity contribution in [1.82, 2.24) is 0 Å². The molecule has 0 saturated carbocycles. The fraction of sp³-hybridized carbons (Fsp3) is 0.294. The first-order valence-corrected chi connectivity index (χ1v) is 7.32. The van der Waals surface area contributed by atoms with Crippen LogP contribution in [0.5, 0.6) is 11.5 Å². The molecule has 0 aliphatic carbocycles. The molecule has 4 heteroatoms. The van der Waals surface area contributed by atoms with Crippen LogP contribution in [0, 0.1) is 6.92 Å². The maximum atomic E-state index is 6.32. The summed E-state index contributed by atoms with van der Waals surface area (Å²) in [6, 6.07) is 11.6. The van der Waals surface area contributed by atoms with E-state index in [0.717, 1.165) is 39.6 Å². The van der Waals surface area contributed by atoms with E-state index in [9.17, 15) is 0 Å². The Bertz CT molecular complexity index is 672. The van der Waals surface area contributed by atoms with Gasteiger partial charge >= 0.3 is 0 Å². The van der Waals surface area contributed by atoms with Gasteiger partial charge in [0, 0.05) is 23.0 Å². The highest BCUT2D eigenvalue weighted by molar-refractivity contribution is 6.30. The van der Waals surface area contributed by atoms with Crippen molar-refractivity contribution in [3.63, 3.8) is 0 Å². The predicted molar refractivity (Wildman–Crippen MR) is 84.1 cm³/mol. The van der Waals surface area contributed by atoms with E-state index >= 15 is 0 Å². The number of halogens is 1. The average Bonchev–Trinajstić information content (AvgIpc) is 2.47. The Labute approximate surface area is 129 Å². The molecule has 2 unspecified atom stereocenters. The third kappa shape index (κ3) is 2.71. The van der Waals surface area contributed by atoms with Gasteiger partial charge in [0.1, 0.15) is 17.6 Å². The van der Waals surface area contributed by atoms with Crippen molar-refractivity contribution in [3.05, 3.63) is 58.1 Å². The van der Waals surface area contributed by atoms with E-state index in [4.69, 9.17) is 26.8 Å². The summed E-state index contributed by atoms with van der Waals surface area (Å²) in [6.07, 6.45) is 0.695. The van der Waals surface area contributed by atoms with Gasteiger partial charge < -0.3 is 15.2 Å². The molecular formula is C17H18ClNO2. The highest BCUT2D eigenvalue weighted by Gasteiger charge is 2.28. The van der Waals surface area contributed by atoms with Crippen LogP contribution in [0.15, 0.2) is 36.4 Å². The van der Waals surface area contributed by atoms with E-state index in [1.165, 1.54) is 0 Å². The Morgan fingerprint density at radius 3 is 2.71 bits per heavy atom. The van der Waals surface area contributed by atoms with Crippen LogP contribution in [0.25, 0.3) is 0 Å². The standard InChI is InChI=1S/C17H18ClNO2/c1-10-7-11(18)3-5-13(10)17-9-15(19)14-8-12(20-2)4-6-16(14)21-17/h3-8,15,17H,9,19H2,1-2H3. The molecular weight excluding hydrogens is 286 g/mol. The molecule has 21 heavy (non-hydrogen) atoms. The van der Waals surface area contributed by atoms with Gasteiger partial charge in [-0.05, 0) is 48.4 Å². The van der Waals surface area contributed by atoms with Crippen molar-refractivity contribution < 1.29 is 9.47 Å². The first-order chi connectivity index (χ1) is 10.1. The van der Waals surface area contributed by atoms with Crippen LogP contribution in [0.1, 0.15) is 35.3 Å². The lowest BCUT2D eigenvalue weighted by Gasteiger charge is -2.31. The summed E-state index contributed by atoms with van der Waals surface area (Å²) >= 11 is 6.02. The van der Waals surface area contributed by atoms with Crippen LogP contribution in [0.2, 0.25) is 5.02 Å². The number of benzene rings is 2. The molecule has 2 atom stereocenters. The van der Waals surface area contributed by atoms with Crippen LogP contribution >= 0.6 is 11.6 Å². The zero-order chi connectivity index (χ0) is 15.0. The third-order valence-electron chi connectivity index (χ3n) is 3.93. The molecule has 0 aromatic heterocycles. The summed E-state index contributed by atoms with van der Waals surface area (Å²) in [5.74, 6) is 1.63. The van der Waals surface area contributed by atoms with Gasteiger partial charge in [-0.3, -0.25) is 0 Å². The highest BCUT2D eigenvalue weighted by Crippen LogP contribution is 2.42. The van der Waals surface area contributed by atoms with Gasteiger partial charge in [0.15, 0.2) is 0 Å². The van der Waals surface area contributed by atoms with Gasteiger partial charge in [0.2, 0.25) is 0 Å². The highest BCUT2D eigenvalue weighted by atomic mass is 35.5. The minimum absolute atomic E-state index is 0.0434. The van der Waals surface area contributed by atoms with Gasteiger partial charge in [-0.25, -0.2) is 0 Å². The van der Waals surface area contributed by atoms with Crippen LogP contribution in [-0.4, -0.2) is 7.11 Å². The summed E-state index contributed by atoms with van der Waals surface area (Å²) < 4.78 is 11.4. The van der Waals surface area contributed by atoms with Gasteiger partial charge in [0.25, 0.3) is 0 Å². The van der Waals surface area contributed by atoms with Crippen molar-refractivity contribution in [2.24, 2.45) is 5.73 Å². The maximum Gasteiger partial charge on any atom is 0.126 e. The summed E-state index contributed by atoms with van der Waals surface area (Å²) in [6.45, 7) is 2.04. The lowest BCUT2D eigenvalue weighted by molar-refractivity contribution is 0.160. The normalized spacial score (nSPS) is 20.6. The second-order valence-corrected chi connectivity index (χ2v) is 5.79. The summed E-state index contributed by atoms with van der Waals surface area (Å²) in [5, 5.41) is 0.737. The number of aryl methyl sites for hydroxylation is 1. The molecule has 0 spiro atoms. The zero-order valence-corrected chi connectivity index (χ0v) is 12.9. The first kappa shape index (κ1) is 14.2. The van der Waals surface area contributed by atoms with Crippen LogP contribution in [0.4, 0.5) is 0 Å². The molecule has 1 aliphatic heterocycles. The number of fused-ring (bicyclic) bond motifs is 1. The fourth-order valence-electron chi connectivity index (χ4n) is 2.80. The fourth-order valence-corrected chi connectivity index (χ4v) is 3.03. The molecule has 3 nitrogen and oxygen atoms in total. The molecule has 3 rings (SSSR count). The van der Waals surface area contributed by atoms with E-state index in [2.05, 4.69) is 0 Å². The SMILES string of the molecule is COc1ccc2c(c1)C(N)CC(c1ccc(Cl)cc1C)O2. The minimum Gasteiger partial charge on any atom is -0.497 e. The zero-order valence-electron chi connectivity index (χ0n) is 12.1. The van der Waals surface area contributed by atoms with Crippen LogP contribution in [0.3, 0.4) is 0 Å². The van der Waals surface area contributed by atoms with Gasteiger partial charge in [-0.15, -0.1) is 0 Å². The maximum absolute atomic E-state index is 6.32. The molecule has 0 bridgehead atoms. The molecule has 0 amide bonds. The molecule has 1 heterocycles. The quantitative estimate of drug-likeness (QED) is 0.905. The van der Waals surface area contributed by atoms with Crippen molar-refractivity contribution in [1.29, 1.82) is 0 Å². The Morgan fingerprint density at radius 2 is 2.00 bits per heavy atom. The number of rotatable bonds is 2. The van der Waals surface area contributed by atoms with E-state index in [-0.39, 0.29) is 12.1 Å². The number of methoxy groups -OCH3 is 1. The molecule has 2 N–H and O–H groups in total. The summed E-state index contributed by atoms with van der Waals surface area (Å²) in [7, 11) is 1.65. The minimum atomic E-state index is -0.0658. The number of hydrogen-bond donors (Lipinski definition) is 1. The Hall–Kier alpha value is -1.71. The van der Waals surface area contributed by atoms with E-state index in [0.29, 0.717) is 0 Å². The molecule has 0 radical (unpaired) electrons.